The maximum atomic E-state index is 10.3. The Balaban J connectivity index is 3.82. The van der Waals surface area contributed by atoms with Crippen LogP contribution in [0, 0.1) is 11.3 Å². The molecule has 66 valence electrons. The van der Waals surface area contributed by atoms with Gasteiger partial charge in [-0.2, -0.15) is 0 Å². The van der Waals surface area contributed by atoms with E-state index in [2.05, 4.69) is 27.7 Å². The molecule has 0 atom stereocenters. The lowest BCUT2D eigenvalue weighted by molar-refractivity contribution is -0.137. The highest BCUT2D eigenvalue weighted by atomic mass is 16.4. The summed E-state index contributed by atoms with van der Waals surface area (Å²) in [6.07, 6.45) is 1.05. The van der Waals surface area contributed by atoms with Crippen molar-refractivity contribution in [3.63, 3.8) is 0 Å². The van der Waals surface area contributed by atoms with E-state index in [0.29, 0.717) is 5.92 Å². The average Bonchev–Trinajstić information content (AvgIpc) is 1.84. The molecule has 1 N–H and O–H groups in total. The zero-order valence-electron chi connectivity index (χ0n) is 7.85. The molecule has 0 unspecified atom stereocenters. The van der Waals surface area contributed by atoms with Gasteiger partial charge in [-0.05, 0) is 17.8 Å². The molecule has 11 heavy (non-hydrogen) atoms. The molecule has 2 nitrogen and oxygen atoms in total. The van der Waals surface area contributed by atoms with Gasteiger partial charge in [0.05, 0.1) is 0 Å². The molecular weight excluding hydrogens is 140 g/mol. The molecular formula is C9H18O2. The molecule has 0 radical (unpaired) electrons. The first-order valence-electron chi connectivity index (χ1n) is 4.08. The SMILES string of the molecule is CC(C)C(C)(C)CCC(=O)O. The van der Waals surface area contributed by atoms with Crippen LogP contribution in [0.5, 0.6) is 0 Å². The highest BCUT2D eigenvalue weighted by Gasteiger charge is 2.22. The normalized spacial score (nSPS) is 12.1. The number of aliphatic carboxylic acids is 1. The smallest absolute Gasteiger partial charge is 0.303 e. The first-order valence-corrected chi connectivity index (χ1v) is 4.08. The highest BCUT2D eigenvalue weighted by Crippen LogP contribution is 2.31. The molecule has 0 saturated carbocycles. The third-order valence-corrected chi connectivity index (χ3v) is 2.55. The molecule has 0 spiro atoms. The topological polar surface area (TPSA) is 37.3 Å². The summed E-state index contributed by atoms with van der Waals surface area (Å²) in [6.45, 7) is 8.48. The van der Waals surface area contributed by atoms with Gasteiger partial charge in [0.15, 0.2) is 0 Å². The fourth-order valence-corrected chi connectivity index (χ4v) is 0.718. The van der Waals surface area contributed by atoms with Crippen molar-refractivity contribution in [2.45, 2.75) is 40.5 Å². The molecule has 0 rings (SSSR count). The molecule has 0 heterocycles. The van der Waals surface area contributed by atoms with E-state index >= 15 is 0 Å². The fraction of sp³-hybridized carbons (Fsp3) is 0.889. The van der Waals surface area contributed by atoms with Crippen molar-refractivity contribution < 1.29 is 9.90 Å². The van der Waals surface area contributed by atoms with Crippen LogP contribution in [-0.4, -0.2) is 11.1 Å². The van der Waals surface area contributed by atoms with Gasteiger partial charge in [-0.25, -0.2) is 0 Å². The summed E-state index contributed by atoms with van der Waals surface area (Å²) in [5, 5.41) is 8.46. The Bertz CT molecular complexity index is 136. The zero-order valence-corrected chi connectivity index (χ0v) is 7.85. The van der Waals surface area contributed by atoms with Crippen molar-refractivity contribution in [2.75, 3.05) is 0 Å². The van der Waals surface area contributed by atoms with Crippen LogP contribution >= 0.6 is 0 Å². The van der Waals surface area contributed by atoms with Crippen molar-refractivity contribution in [1.82, 2.24) is 0 Å². The summed E-state index contributed by atoms with van der Waals surface area (Å²) in [4.78, 5) is 10.3. The van der Waals surface area contributed by atoms with Crippen LogP contribution in [0.15, 0.2) is 0 Å². The third-order valence-electron chi connectivity index (χ3n) is 2.55. The van der Waals surface area contributed by atoms with E-state index in [1.165, 1.54) is 0 Å². The van der Waals surface area contributed by atoms with E-state index in [-0.39, 0.29) is 11.8 Å². The molecule has 0 aliphatic carbocycles. The highest BCUT2D eigenvalue weighted by molar-refractivity contribution is 5.66. The fourth-order valence-electron chi connectivity index (χ4n) is 0.718. The van der Waals surface area contributed by atoms with Crippen LogP contribution in [0.2, 0.25) is 0 Å². The molecule has 0 aliphatic heterocycles. The Hall–Kier alpha value is -0.530. The molecule has 0 fully saturated rings. The van der Waals surface area contributed by atoms with Crippen molar-refractivity contribution in [3.8, 4) is 0 Å². The summed E-state index contributed by atoms with van der Waals surface area (Å²) in [6, 6.07) is 0. The van der Waals surface area contributed by atoms with E-state index in [1.807, 2.05) is 0 Å². The molecule has 0 aromatic carbocycles. The van der Waals surface area contributed by atoms with Gasteiger partial charge < -0.3 is 5.11 Å². The molecule has 2 heteroatoms. The van der Waals surface area contributed by atoms with Crippen molar-refractivity contribution in [2.24, 2.45) is 11.3 Å². The lowest BCUT2D eigenvalue weighted by Gasteiger charge is -2.28. The lowest BCUT2D eigenvalue weighted by Crippen LogP contribution is -2.20. The number of carboxylic acids is 1. The summed E-state index contributed by atoms with van der Waals surface area (Å²) < 4.78 is 0. The number of rotatable bonds is 4. The van der Waals surface area contributed by atoms with Crippen molar-refractivity contribution >= 4 is 5.97 Å². The Kier molecular flexibility index (Phi) is 3.56. The van der Waals surface area contributed by atoms with E-state index in [4.69, 9.17) is 5.11 Å². The second-order valence-electron chi connectivity index (χ2n) is 4.04. The number of hydrogen-bond donors (Lipinski definition) is 1. The van der Waals surface area contributed by atoms with Crippen LogP contribution in [0.3, 0.4) is 0 Å². The average molecular weight is 158 g/mol. The Morgan fingerprint density at radius 2 is 1.91 bits per heavy atom. The van der Waals surface area contributed by atoms with Gasteiger partial charge in [0.2, 0.25) is 0 Å². The van der Waals surface area contributed by atoms with E-state index < -0.39 is 5.97 Å². The predicted octanol–water partition coefficient (Wildman–Crippen LogP) is 2.53. The number of carboxylic acid groups (broad SMARTS) is 1. The Morgan fingerprint density at radius 3 is 2.18 bits per heavy atom. The summed E-state index contributed by atoms with van der Waals surface area (Å²) in [7, 11) is 0. The van der Waals surface area contributed by atoms with Crippen LogP contribution in [0.25, 0.3) is 0 Å². The van der Waals surface area contributed by atoms with Gasteiger partial charge in [-0.3, -0.25) is 4.79 Å². The quantitative estimate of drug-likeness (QED) is 0.682. The van der Waals surface area contributed by atoms with Crippen LogP contribution in [0.1, 0.15) is 40.5 Å². The third kappa shape index (κ3) is 4.02. The van der Waals surface area contributed by atoms with E-state index in [1.54, 1.807) is 0 Å². The molecule has 0 saturated heterocycles. The Morgan fingerprint density at radius 1 is 1.45 bits per heavy atom. The minimum Gasteiger partial charge on any atom is -0.481 e. The standard InChI is InChI=1S/C9H18O2/c1-7(2)9(3,4)6-5-8(10)11/h7H,5-6H2,1-4H3,(H,10,11). The van der Waals surface area contributed by atoms with Gasteiger partial charge in [0.25, 0.3) is 0 Å². The largest absolute Gasteiger partial charge is 0.481 e. The van der Waals surface area contributed by atoms with Crippen LogP contribution in [0.4, 0.5) is 0 Å². The monoisotopic (exact) mass is 158 g/mol. The summed E-state index contributed by atoms with van der Waals surface area (Å²) in [5.74, 6) is -0.152. The van der Waals surface area contributed by atoms with Crippen molar-refractivity contribution in [3.05, 3.63) is 0 Å². The van der Waals surface area contributed by atoms with Crippen LogP contribution < -0.4 is 0 Å². The molecule has 0 amide bonds. The summed E-state index contributed by atoms with van der Waals surface area (Å²) in [5.41, 5.74) is 0.151. The summed E-state index contributed by atoms with van der Waals surface area (Å²) >= 11 is 0. The van der Waals surface area contributed by atoms with Crippen molar-refractivity contribution in [1.29, 1.82) is 0 Å². The second-order valence-corrected chi connectivity index (χ2v) is 4.04. The molecule has 0 aliphatic rings. The van der Waals surface area contributed by atoms with Gasteiger partial charge >= 0.3 is 5.97 Å². The van der Waals surface area contributed by atoms with Gasteiger partial charge in [-0.1, -0.05) is 27.7 Å². The molecule has 0 bridgehead atoms. The minimum absolute atomic E-state index is 0.151. The van der Waals surface area contributed by atoms with Gasteiger partial charge in [-0.15, -0.1) is 0 Å². The second kappa shape index (κ2) is 3.74. The maximum absolute atomic E-state index is 10.3. The van der Waals surface area contributed by atoms with Gasteiger partial charge in [0, 0.05) is 6.42 Å². The molecule has 0 aromatic heterocycles. The first kappa shape index (κ1) is 10.5. The van der Waals surface area contributed by atoms with Crippen LogP contribution in [-0.2, 0) is 4.79 Å². The number of hydrogen-bond acceptors (Lipinski definition) is 1. The zero-order chi connectivity index (χ0) is 9.07. The molecule has 0 aromatic rings. The first-order chi connectivity index (χ1) is 4.86. The minimum atomic E-state index is -0.696. The Labute approximate surface area is 68.6 Å². The van der Waals surface area contributed by atoms with E-state index in [9.17, 15) is 4.79 Å². The maximum Gasteiger partial charge on any atom is 0.303 e. The lowest BCUT2D eigenvalue weighted by atomic mass is 9.77. The van der Waals surface area contributed by atoms with Gasteiger partial charge in [0.1, 0.15) is 0 Å². The van der Waals surface area contributed by atoms with E-state index in [0.717, 1.165) is 6.42 Å². The number of carbonyl (C=O) groups is 1. The predicted molar refractivity (Wildman–Crippen MR) is 45.5 cm³/mol.